The van der Waals surface area contributed by atoms with Crippen molar-refractivity contribution in [1.82, 2.24) is 9.88 Å². The molecule has 6 nitrogen and oxygen atoms in total. The van der Waals surface area contributed by atoms with Crippen LogP contribution in [0.4, 0.5) is 5.82 Å². The molecular weight excluding hydrogens is 234 g/mol. The molecule has 0 unspecified atom stereocenters. The second kappa shape index (κ2) is 5.03. The molecule has 2 heterocycles. The molecule has 2 rings (SSSR count). The molecule has 1 aromatic rings. The monoisotopic (exact) mass is 249 g/mol. The Morgan fingerprint density at radius 1 is 1.44 bits per heavy atom. The van der Waals surface area contributed by atoms with Gasteiger partial charge in [-0.05, 0) is 18.6 Å². The summed E-state index contributed by atoms with van der Waals surface area (Å²) in [6.07, 6.45) is 2.30. The third-order valence-corrected chi connectivity index (χ3v) is 2.99. The Hall–Kier alpha value is -2.11. The van der Waals surface area contributed by atoms with Crippen LogP contribution in [0.5, 0.6) is 0 Å². The number of aromatic carboxylic acids is 1. The molecule has 96 valence electrons. The number of likely N-dealkylation sites (N-methyl/N-ethyl adjacent to an activating group) is 1. The Kier molecular flexibility index (Phi) is 3.45. The van der Waals surface area contributed by atoms with Gasteiger partial charge in [0.15, 0.2) is 0 Å². The standard InChI is InChI=1S/C12H15N3O3/c1-14-5-2-6-15(8-11(14)16)10-7-9(12(17)18)3-4-13-10/h3-4,7H,2,5-6,8H2,1H3,(H,17,18). The first-order valence-corrected chi connectivity index (χ1v) is 5.76. The number of amides is 1. The third kappa shape index (κ3) is 2.58. The molecule has 1 amide bonds. The number of aromatic nitrogens is 1. The molecule has 0 saturated carbocycles. The Morgan fingerprint density at radius 3 is 2.94 bits per heavy atom. The van der Waals surface area contributed by atoms with Crippen LogP contribution in [0.25, 0.3) is 0 Å². The molecule has 0 bridgehead atoms. The van der Waals surface area contributed by atoms with Crippen molar-refractivity contribution >= 4 is 17.7 Å². The molecule has 0 aromatic carbocycles. The molecule has 1 fully saturated rings. The van der Waals surface area contributed by atoms with E-state index in [-0.39, 0.29) is 18.0 Å². The molecule has 1 aromatic heterocycles. The van der Waals surface area contributed by atoms with Crippen molar-refractivity contribution in [3.63, 3.8) is 0 Å². The van der Waals surface area contributed by atoms with Gasteiger partial charge in [-0.1, -0.05) is 0 Å². The molecular formula is C12H15N3O3. The highest BCUT2D eigenvalue weighted by Gasteiger charge is 2.20. The summed E-state index contributed by atoms with van der Waals surface area (Å²) in [5.74, 6) is -0.425. The van der Waals surface area contributed by atoms with Gasteiger partial charge < -0.3 is 14.9 Å². The number of carboxylic acids is 1. The molecule has 18 heavy (non-hydrogen) atoms. The second-order valence-corrected chi connectivity index (χ2v) is 4.30. The predicted octanol–water partition coefficient (Wildman–Crippen LogP) is 0.448. The van der Waals surface area contributed by atoms with Gasteiger partial charge in [0.25, 0.3) is 0 Å². The number of carbonyl (C=O) groups is 2. The van der Waals surface area contributed by atoms with Gasteiger partial charge in [-0.25, -0.2) is 9.78 Å². The normalized spacial score (nSPS) is 16.6. The van der Waals surface area contributed by atoms with Gasteiger partial charge in [-0.3, -0.25) is 4.79 Å². The predicted molar refractivity (Wildman–Crippen MR) is 65.7 cm³/mol. The Morgan fingerprint density at radius 2 is 2.22 bits per heavy atom. The lowest BCUT2D eigenvalue weighted by Gasteiger charge is -2.20. The summed E-state index contributed by atoms with van der Waals surface area (Å²) in [5, 5.41) is 8.94. The van der Waals surface area contributed by atoms with E-state index in [1.165, 1.54) is 18.3 Å². The minimum absolute atomic E-state index is 0.0232. The number of carbonyl (C=O) groups excluding carboxylic acids is 1. The Labute approximate surface area is 105 Å². The zero-order valence-electron chi connectivity index (χ0n) is 10.2. The van der Waals surface area contributed by atoms with Gasteiger partial charge in [0.05, 0.1) is 12.1 Å². The average Bonchev–Trinajstić information content (AvgIpc) is 2.52. The van der Waals surface area contributed by atoms with E-state index < -0.39 is 5.97 Å². The Bertz CT molecular complexity index is 475. The largest absolute Gasteiger partial charge is 0.478 e. The van der Waals surface area contributed by atoms with E-state index in [9.17, 15) is 9.59 Å². The van der Waals surface area contributed by atoms with E-state index >= 15 is 0 Å². The van der Waals surface area contributed by atoms with E-state index in [1.807, 2.05) is 4.90 Å². The number of rotatable bonds is 2. The lowest BCUT2D eigenvalue weighted by Crippen LogP contribution is -2.34. The molecule has 6 heteroatoms. The lowest BCUT2D eigenvalue weighted by molar-refractivity contribution is -0.127. The van der Waals surface area contributed by atoms with Crippen LogP contribution in [0.3, 0.4) is 0 Å². The van der Waals surface area contributed by atoms with E-state index in [2.05, 4.69) is 4.98 Å². The summed E-state index contributed by atoms with van der Waals surface area (Å²) >= 11 is 0. The lowest BCUT2D eigenvalue weighted by atomic mass is 10.2. The van der Waals surface area contributed by atoms with Crippen molar-refractivity contribution in [2.75, 3.05) is 31.6 Å². The highest BCUT2D eigenvalue weighted by Crippen LogP contribution is 2.15. The van der Waals surface area contributed by atoms with Gasteiger partial charge >= 0.3 is 5.97 Å². The molecule has 1 aliphatic rings. The maximum atomic E-state index is 11.8. The number of hydrogen-bond acceptors (Lipinski definition) is 4. The van der Waals surface area contributed by atoms with Gasteiger partial charge in [0, 0.05) is 26.3 Å². The molecule has 0 atom stereocenters. The van der Waals surface area contributed by atoms with Crippen molar-refractivity contribution in [3.8, 4) is 0 Å². The van der Waals surface area contributed by atoms with Crippen molar-refractivity contribution < 1.29 is 14.7 Å². The van der Waals surface area contributed by atoms with Gasteiger partial charge in [0.1, 0.15) is 5.82 Å². The van der Waals surface area contributed by atoms with Gasteiger partial charge in [-0.2, -0.15) is 0 Å². The zero-order chi connectivity index (χ0) is 13.1. The number of nitrogens with zero attached hydrogens (tertiary/aromatic N) is 3. The number of anilines is 1. The van der Waals surface area contributed by atoms with Crippen LogP contribution in [-0.2, 0) is 4.79 Å². The van der Waals surface area contributed by atoms with Crippen molar-refractivity contribution in [2.24, 2.45) is 0 Å². The van der Waals surface area contributed by atoms with Crippen LogP contribution in [0, 0.1) is 0 Å². The average molecular weight is 249 g/mol. The van der Waals surface area contributed by atoms with E-state index in [0.29, 0.717) is 18.9 Å². The minimum atomic E-state index is -0.989. The third-order valence-electron chi connectivity index (χ3n) is 2.99. The molecule has 0 aliphatic carbocycles. The fraction of sp³-hybridized carbons (Fsp3) is 0.417. The quantitative estimate of drug-likeness (QED) is 0.823. The highest BCUT2D eigenvalue weighted by atomic mass is 16.4. The number of hydrogen-bond donors (Lipinski definition) is 1. The molecule has 0 spiro atoms. The van der Waals surface area contributed by atoms with Gasteiger partial charge in [-0.15, -0.1) is 0 Å². The van der Waals surface area contributed by atoms with Crippen LogP contribution in [0.1, 0.15) is 16.8 Å². The van der Waals surface area contributed by atoms with E-state index in [1.54, 1.807) is 11.9 Å². The molecule has 0 radical (unpaired) electrons. The second-order valence-electron chi connectivity index (χ2n) is 4.30. The molecule has 1 N–H and O–H groups in total. The first kappa shape index (κ1) is 12.3. The fourth-order valence-electron chi connectivity index (χ4n) is 1.91. The van der Waals surface area contributed by atoms with Crippen LogP contribution in [0.15, 0.2) is 18.3 Å². The van der Waals surface area contributed by atoms with E-state index in [0.717, 1.165) is 6.42 Å². The summed E-state index contributed by atoms with van der Waals surface area (Å²) in [7, 11) is 1.77. The summed E-state index contributed by atoms with van der Waals surface area (Å²) in [6, 6.07) is 2.94. The maximum absolute atomic E-state index is 11.8. The van der Waals surface area contributed by atoms with Crippen LogP contribution < -0.4 is 4.90 Å². The highest BCUT2D eigenvalue weighted by molar-refractivity contribution is 5.88. The fourth-order valence-corrected chi connectivity index (χ4v) is 1.91. The van der Waals surface area contributed by atoms with Crippen LogP contribution in [0.2, 0.25) is 0 Å². The summed E-state index contributed by atoms with van der Waals surface area (Å²) in [4.78, 5) is 30.3. The van der Waals surface area contributed by atoms with Crippen LogP contribution in [-0.4, -0.2) is 53.5 Å². The summed E-state index contributed by atoms with van der Waals surface area (Å²) < 4.78 is 0. The van der Waals surface area contributed by atoms with Gasteiger partial charge in [0.2, 0.25) is 5.91 Å². The maximum Gasteiger partial charge on any atom is 0.335 e. The van der Waals surface area contributed by atoms with Crippen molar-refractivity contribution in [1.29, 1.82) is 0 Å². The first-order chi connectivity index (χ1) is 8.58. The molecule has 1 aliphatic heterocycles. The first-order valence-electron chi connectivity index (χ1n) is 5.76. The zero-order valence-corrected chi connectivity index (χ0v) is 10.2. The topological polar surface area (TPSA) is 73.7 Å². The van der Waals surface area contributed by atoms with E-state index in [4.69, 9.17) is 5.11 Å². The smallest absolute Gasteiger partial charge is 0.335 e. The number of pyridine rings is 1. The number of carboxylic acid groups (broad SMARTS) is 1. The minimum Gasteiger partial charge on any atom is -0.478 e. The van der Waals surface area contributed by atoms with Crippen LogP contribution >= 0.6 is 0 Å². The van der Waals surface area contributed by atoms with Crippen molar-refractivity contribution in [3.05, 3.63) is 23.9 Å². The summed E-state index contributed by atoms with van der Waals surface area (Å²) in [5.41, 5.74) is 0.185. The molecule has 1 saturated heterocycles. The SMILES string of the molecule is CN1CCCN(c2cc(C(=O)O)ccn2)CC1=O. The Balaban J connectivity index is 2.22. The summed E-state index contributed by atoms with van der Waals surface area (Å²) in [6.45, 7) is 1.66. The van der Waals surface area contributed by atoms with Crippen molar-refractivity contribution in [2.45, 2.75) is 6.42 Å².